The Bertz CT molecular complexity index is 191. The summed E-state index contributed by atoms with van der Waals surface area (Å²) in [6.45, 7) is 10.8. The predicted octanol–water partition coefficient (Wildman–Crippen LogP) is 1.71. The molecule has 0 aromatic carbocycles. The minimum Gasteiger partial charge on any atom is -0.311 e. The highest BCUT2D eigenvalue weighted by Crippen LogP contribution is 2.38. The van der Waals surface area contributed by atoms with Crippen LogP contribution in [-0.2, 0) is 0 Å². The molecule has 82 valence electrons. The molecule has 1 aliphatic carbocycles. The average molecular weight is 196 g/mol. The predicted molar refractivity (Wildman–Crippen MR) is 60.4 cm³/mol. The Morgan fingerprint density at radius 1 is 1.36 bits per heavy atom. The molecule has 0 aromatic heterocycles. The maximum atomic E-state index is 3.61. The van der Waals surface area contributed by atoms with E-state index in [1.54, 1.807) is 0 Å². The molecule has 2 aliphatic rings. The maximum absolute atomic E-state index is 3.61. The van der Waals surface area contributed by atoms with Crippen LogP contribution in [0.15, 0.2) is 0 Å². The number of nitrogens with one attached hydrogen (secondary N) is 1. The van der Waals surface area contributed by atoms with Crippen molar-refractivity contribution >= 4 is 0 Å². The monoisotopic (exact) mass is 196 g/mol. The average Bonchev–Trinajstić information content (AvgIpc) is 2.86. The van der Waals surface area contributed by atoms with Crippen molar-refractivity contribution in [3.8, 4) is 0 Å². The van der Waals surface area contributed by atoms with Crippen LogP contribution >= 0.6 is 0 Å². The van der Waals surface area contributed by atoms with Crippen molar-refractivity contribution in [2.45, 2.75) is 45.7 Å². The molecule has 0 radical (unpaired) electrons. The summed E-state index contributed by atoms with van der Waals surface area (Å²) in [4.78, 5) is 2.69. The number of nitrogens with zero attached hydrogens (tertiary/aromatic N) is 1. The summed E-state index contributed by atoms with van der Waals surface area (Å²) in [7, 11) is 0. The van der Waals surface area contributed by atoms with Crippen molar-refractivity contribution in [2.75, 3.05) is 19.6 Å². The fourth-order valence-electron chi connectivity index (χ4n) is 2.48. The molecule has 1 saturated heterocycles. The van der Waals surface area contributed by atoms with Gasteiger partial charge in [0.15, 0.2) is 0 Å². The molecular formula is C12H24N2. The summed E-state index contributed by atoms with van der Waals surface area (Å²) in [5.41, 5.74) is 0. The first-order valence-corrected chi connectivity index (χ1v) is 6.18. The molecule has 1 aliphatic heterocycles. The van der Waals surface area contributed by atoms with E-state index in [1.165, 1.54) is 32.5 Å². The molecule has 14 heavy (non-hydrogen) atoms. The lowest BCUT2D eigenvalue weighted by molar-refractivity contribution is 0.131. The fraction of sp³-hybridized carbons (Fsp3) is 1.00. The fourth-order valence-corrected chi connectivity index (χ4v) is 2.48. The van der Waals surface area contributed by atoms with Gasteiger partial charge in [-0.2, -0.15) is 0 Å². The zero-order valence-electron chi connectivity index (χ0n) is 9.79. The molecule has 4 unspecified atom stereocenters. The Hall–Kier alpha value is -0.0800. The Morgan fingerprint density at radius 2 is 2.07 bits per heavy atom. The van der Waals surface area contributed by atoms with Gasteiger partial charge in [-0.05, 0) is 31.6 Å². The van der Waals surface area contributed by atoms with Gasteiger partial charge in [0.05, 0.1) is 0 Å². The highest BCUT2D eigenvalue weighted by Gasteiger charge is 2.36. The Labute approximate surface area is 88.1 Å². The van der Waals surface area contributed by atoms with Crippen molar-refractivity contribution in [3.63, 3.8) is 0 Å². The molecule has 2 fully saturated rings. The summed E-state index contributed by atoms with van der Waals surface area (Å²) in [6, 6.07) is 1.48. The van der Waals surface area contributed by atoms with Gasteiger partial charge in [0, 0.05) is 31.7 Å². The number of rotatable bonds is 3. The van der Waals surface area contributed by atoms with Crippen LogP contribution in [0.5, 0.6) is 0 Å². The summed E-state index contributed by atoms with van der Waals surface area (Å²) in [5.74, 6) is 2.00. The van der Waals surface area contributed by atoms with E-state index in [1.807, 2.05) is 0 Å². The number of hydrogen-bond donors (Lipinski definition) is 1. The number of piperazine rings is 1. The molecule has 2 heteroatoms. The topological polar surface area (TPSA) is 15.3 Å². The second kappa shape index (κ2) is 4.19. The van der Waals surface area contributed by atoms with E-state index in [-0.39, 0.29) is 0 Å². The quantitative estimate of drug-likeness (QED) is 0.739. The summed E-state index contributed by atoms with van der Waals surface area (Å²) >= 11 is 0. The summed E-state index contributed by atoms with van der Waals surface area (Å²) < 4.78 is 0. The molecule has 0 bridgehead atoms. The minimum absolute atomic E-state index is 0.736. The molecule has 0 amide bonds. The van der Waals surface area contributed by atoms with Crippen LogP contribution < -0.4 is 5.32 Å². The smallest absolute Gasteiger partial charge is 0.0193 e. The first-order valence-electron chi connectivity index (χ1n) is 6.18. The third-order valence-corrected chi connectivity index (χ3v) is 4.02. The zero-order chi connectivity index (χ0) is 10.1. The molecule has 1 N–H and O–H groups in total. The molecule has 2 rings (SSSR count). The lowest BCUT2D eigenvalue weighted by atomic mass is 10.1. The van der Waals surface area contributed by atoms with Crippen LogP contribution in [0.4, 0.5) is 0 Å². The van der Waals surface area contributed by atoms with E-state index >= 15 is 0 Å². The van der Waals surface area contributed by atoms with E-state index in [0.717, 1.165) is 23.9 Å². The summed E-state index contributed by atoms with van der Waals surface area (Å²) in [5, 5.41) is 3.61. The second-order valence-electron chi connectivity index (χ2n) is 5.29. The molecule has 2 nitrogen and oxygen atoms in total. The molecular weight excluding hydrogens is 172 g/mol. The number of hydrogen-bond acceptors (Lipinski definition) is 2. The van der Waals surface area contributed by atoms with E-state index in [0.29, 0.717) is 0 Å². The van der Waals surface area contributed by atoms with Gasteiger partial charge < -0.3 is 5.32 Å². The lowest BCUT2D eigenvalue weighted by Gasteiger charge is -2.38. The SMILES string of the molecule is CCC1CN(CC2CC2C)C(C)CN1. The largest absolute Gasteiger partial charge is 0.311 e. The zero-order valence-corrected chi connectivity index (χ0v) is 9.79. The van der Waals surface area contributed by atoms with Crippen molar-refractivity contribution in [1.29, 1.82) is 0 Å². The van der Waals surface area contributed by atoms with Gasteiger partial charge in [-0.3, -0.25) is 4.90 Å². The van der Waals surface area contributed by atoms with Crippen LogP contribution in [0, 0.1) is 11.8 Å². The van der Waals surface area contributed by atoms with Gasteiger partial charge in [-0.15, -0.1) is 0 Å². The van der Waals surface area contributed by atoms with Crippen LogP contribution in [0.25, 0.3) is 0 Å². The lowest BCUT2D eigenvalue weighted by Crippen LogP contribution is -2.55. The van der Waals surface area contributed by atoms with Crippen LogP contribution in [0.2, 0.25) is 0 Å². The van der Waals surface area contributed by atoms with Gasteiger partial charge in [0.1, 0.15) is 0 Å². The van der Waals surface area contributed by atoms with Crippen LogP contribution in [-0.4, -0.2) is 36.6 Å². The van der Waals surface area contributed by atoms with Crippen LogP contribution in [0.1, 0.15) is 33.6 Å². The summed E-state index contributed by atoms with van der Waals surface area (Å²) in [6.07, 6.45) is 2.73. The van der Waals surface area contributed by atoms with E-state index in [4.69, 9.17) is 0 Å². The van der Waals surface area contributed by atoms with Crippen molar-refractivity contribution in [2.24, 2.45) is 11.8 Å². The Kier molecular flexibility index (Phi) is 3.13. The van der Waals surface area contributed by atoms with E-state index in [9.17, 15) is 0 Å². The van der Waals surface area contributed by atoms with Crippen molar-refractivity contribution in [1.82, 2.24) is 10.2 Å². The standard InChI is InChI=1S/C12H24N2/c1-4-12-8-14(10(3)6-13-12)7-11-5-9(11)2/h9-13H,4-8H2,1-3H3. The van der Waals surface area contributed by atoms with E-state index < -0.39 is 0 Å². The third-order valence-electron chi connectivity index (χ3n) is 4.02. The molecule has 1 saturated carbocycles. The van der Waals surface area contributed by atoms with Gasteiger partial charge in [0.2, 0.25) is 0 Å². The van der Waals surface area contributed by atoms with Crippen molar-refractivity contribution < 1.29 is 0 Å². The molecule has 0 aromatic rings. The first kappa shape index (κ1) is 10.4. The normalized spacial score (nSPS) is 43.9. The van der Waals surface area contributed by atoms with Gasteiger partial charge in [-0.1, -0.05) is 13.8 Å². The highest BCUT2D eigenvalue weighted by atomic mass is 15.2. The maximum Gasteiger partial charge on any atom is 0.0193 e. The first-order chi connectivity index (χ1) is 6.70. The molecule has 0 spiro atoms. The molecule has 1 heterocycles. The van der Waals surface area contributed by atoms with Gasteiger partial charge >= 0.3 is 0 Å². The van der Waals surface area contributed by atoms with E-state index in [2.05, 4.69) is 31.0 Å². The molecule has 4 atom stereocenters. The highest BCUT2D eigenvalue weighted by molar-refractivity contribution is 4.90. The van der Waals surface area contributed by atoms with Crippen molar-refractivity contribution in [3.05, 3.63) is 0 Å². The minimum atomic E-state index is 0.736. The Morgan fingerprint density at radius 3 is 2.64 bits per heavy atom. The third kappa shape index (κ3) is 2.29. The van der Waals surface area contributed by atoms with Gasteiger partial charge in [0.25, 0.3) is 0 Å². The Balaban J connectivity index is 1.81. The van der Waals surface area contributed by atoms with Gasteiger partial charge in [-0.25, -0.2) is 0 Å². The second-order valence-corrected chi connectivity index (χ2v) is 5.29. The van der Waals surface area contributed by atoms with Crippen LogP contribution in [0.3, 0.4) is 0 Å².